The molecule has 2 nitrogen and oxygen atoms in total. The standard InChI is InChI=1S/C17H34BrNO/c1-4-5-6-7-8-9-10-11-12-13-17(20)19-16(14-18)15(2)3/h15-16H,4-14H2,1-3H3,(H,19,20). The Morgan fingerprint density at radius 2 is 1.45 bits per heavy atom. The van der Waals surface area contributed by atoms with Gasteiger partial charge in [0.2, 0.25) is 5.91 Å². The lowest BCUT2D eigenvalue weighted by Crippen LogP contribution is -2.39. The molecule has 1 N–H and O–H groups in total. The lowest BCUT2D eigenvalue weighted by atomic mass is 10.0. The summed E-state index contributed by atoms with van der Waals surface area (Å²) in [6, 6.07) is 0.265. The van der Waals surface area contributed by atoms with Gasteiger partial charge in [0, 0.05) is 17.8 Å². The first-order valence-corrected chi connectivity index (χ1v) is 9.59. The van der Waals surface area contributed by atoms with Crippen molar-refractivity contribution >= 4 is 21.8 Å². The summed E-state index contributed by atoms with van der Waals surface area (Å²) in [5.74, 6) is 0.701. The Morgan fingerprint density at radius 3 is 1.90 bits per heavy atom. The number of halogens is 1. The summed E-state index contributed by atoms with van der Waals surface area (Å²) in [6.45, 7) is 6.54. The second kappa shape index (κ2) is 13.9. The zero-order chi connectivity index (χ0) is 15.2. The molecule has 0 aromatic heterocycles. The summed E-state index contributed by atoms with van der Waals surface area (Å²) in [5, 5.41) is 3.95. The molecule has 0 saturated carbocycles. The van der Waals surface area contributed by atoms with E-state index in [0.717, 1.165) is 11.8 Å². The van der Waals surface area contributed by atoms with Gasteiger partial charge in [0.05, 0.1) is 0 Å². The summed E-state index contributed by atoms with van der Waals surface area (Å²) >= 11 is 3.46. The predicted molar refractivity (Wildman–Crippen MR) is 92.4 cm³/mol. The molecule has 0 bridgehead atoms. The molecule has 20 heavy (non-hydrogen) atoms. The van der Waals surface area contributed by atoms with E-state index in [1.165, 1.54) is 51.4 Å². The fourth-order valence-electron chi connectivity index (χ4n) is 2.26. The molecule has 0 fully saturated rings. The topological polar surface area (TPSA) is 29.1 Å². The maximum Gasteiger partial charge on any atom is 0.220 e. The van der Waals surface area contributed by atoms with Gasteiger partial charge in [-0.1, -0.05) is 88.1 Å². The van der Waals surface area contributed by atoms with Gasteiger partial charge in [-0.3, -0.25) is 4.79 Å². The Kier molecular flexibility index (Phi) is 13.9. The van der Waals surface area contributed by atoms with Crippen molar-refractivity contribution in [1.29, 1.82) is 0 Å². The summed E-state index contributed by atoms with van der Waals surface area (Å²) in [5.41, 5.74) is 0. The zero-order valence-corrected chi connectivity index (χ0v) is 15.3. The summed E-state index contributed by atoms with van der Waals surface area (Å²) in [6.07, 6.45) is 12.4. The van der Waals surface area contributed by atoms with Crippen LogP contribution >= 0.6 is 15.9 Å². The summed E-state index contributed by atoms with van der Waals surface area (Å²) in [4.78, 5) is 11.8. The van der Waals surface area contributed by atoms with Gasteiger partial charge in [-0.05, 0) is 12.3 Å². The molecule has 1 unspecified atom stereocenters. The highest BCUT2D eigenvalue weighted by Gasteiger charge is 2.13. The zero-order valence-electron chi connectivity index (χ0n) is 13.7. The van der Waals surface area contributed by atoms with Crippen molar-refractivity contribution in [3.05, 3.63) is 0 Å². The minimum atomic E-state index is 0.214. The minimum absolute atomic E-state index is 0.214. The molecule has 0 rings (SSSR count). The molecule has 0 saturated heterocycles. The first-order valence-electron chi connectivity index (χ1n) is 8.47. The van der Waals surface area contributed by atoms with E-state index in [9.17, 15) is 4.79 Å². The van der Waals surface area contributed by atoms with Gasteiger partial charge in [0.1, 0.15) is 0 Å². The Labute approximate surface area is 134 Å². The Bertz CT molecular complexity index is 231. The lowest BCUT2D eigenvalue weighted by Gasteiger charge is -2.19. The van der Waals surface area contributed by atoms with Crippen molar-refractivity contribution in [1.82, 2.24) is 5.32 Å². The van der Waals surface area contributed by atoms with Gasteiger partial charge in [0.25, 0.3) is 0 Å². The highest BCUT2D eigenvalue weighted by atomic mass is 79.9. The van der Waals surface area contributed by atoms with Gasteiger partial charge in [-0.2, -0.15) is 0 Å². The summed E-state index contributed by atoms with van der Waals surface area (Å²) < 4.78 is 0. The van der Waals surface area contributed by atoms with Crippen LogP contribution in [0.2, 0.25) is 0 Å². The van der Waals surface area contributed by atoms with Crippen molar-refractivity contribution in [2.45, 2.75) is 91.0 Å². The van der Waals surface area contributed by atoms with Crippen molar-refractivity contribution in [2.75, 3.05) is 5.33 Å². The molecule has 1 atom stereocenters. The van der Waals surface area contributed by atoms with Crippen molar-refractivity contribution in [3.63, 3.8) is 0 Å². The molecule has 3 heteroatoms. The molecule has 0 heterocycles. The Hall–Kier alpha value is -0.0500. The van der Waals surface area contributed by atoms with E-state index in [4.69, 9.17) is 0 Å². The van der Waals surface area contributed by atoms with Crippen LogP contribution in [-0.2, 0) is 4.79 Å². The monoisotopic (exact) mass is 347 g/mol. The molecular weight excluding hydrogens is 314 g/mol. The molecule has 0 spiro atoms. The normalized spacial score (nSPS) is 12.7. The molecular formula is C17H34BrNO. The van der Waals surface area contributed by atoms with Gasteiger partial charge < -0.3 is 5.32 Å². The second-order valence-electron chi connectivity index (χ2n) is 6.15. The second-order valence-corrected chi connectivity index (χ2v) is 6.80. The average Bonchev–Trinajstić information content (AvgIpc) is 2.42. The molecule has 0 aliphatic carbocycles. The number of amides is 1. The van der Waals surface area contributed by atoms with Gasteiger partial charge in [0.15, 0.2) is 0 Å². The number of unbranched alkanes of at least 4 members (excludes halogenated alkanes) is 8. The third-order valence-corrected chi connectivity index (χ3v) is 4.52. The van der Waals surface area contributed by atoms with Crippen molar-refractivity contribution < 1.29 is 4.79 Å². The third-order valence-electron chi connectivity index (χ3n) is 3.82. The van der Waals surface area contributed by atoms with E-state index < -0.39 is 0 Å². The molecule has 0 aromatic carbocycles. The predicted octanol–water partition coefficient (Wildman–Crippen LogP) is 5.44. The smallest absolute Gasteiger partial charge is 0.220 e. The van der Waals surface area contributed by atoms with Gasteiger partial charge in [-0.15, -0.1) is 0 Å². The first-order chi connectivity index (χ1) is 9.61. The number of hydrogen-bond donors (Lipinski definition) is 1. The van der Waals surface area contributed by atoms with E-state index >= 15 is 0 Å². The molecule has 0 radical (unpaired) electrons. The maximum atomic E-state index is 11.8. The third kappa shape index (κ3) is 11.7. The fourth-order valence-corrected chi connectivity index (χ4v) is 3.17. The van der Waals surface area contributed by atoms with Crippen LogP contribution in [0.5, 0.6) is 0 Å². The molecule has 0 aliphatic rings. The van der Waals surface area contributed by atoms with Crippen LogP contribution in [0.4, 0.5) is 0 Å². The SMILES string of the molecule is CCCCCCCCCCCC(=O)NC(CBr)C(C)C. The lowest BCUT2D eigenvalue weighted by molar-refractivity contribution is -0.122. The van der Waals surface area contributed by atoms with E-state index in [2.05, 4.69) is 42.0 Å². The highest BCUT2D eigenvalue weighted by molar-refractivity contribution is 9.09. The number of nitrogens with one attached hydrogen (secondary N) is 1. The summed E-state index contributed by atoms with van der Waals surface area (Å²) in [7, 11) is 0. The van der Waals surface area contributed by atoms with Gasteiger partial charge in [-0.25, -0.2) is 0 Å². The molecule has 120 valence electrons. The fraction of sp³-hybridized carbons (Fsp3) is 0.941. The van der Waals surface area contributed by atoms with Gasteiger partial charge >= 0.3 is 0 Å². The van der Waals surface area contributed by atoms with Crippen LogP contribution < -0.4 is 5.32 Å². The molecule has 0 aromatic rings. The molecule has 0 aliphatic heterocycles. The van der Waals surface area contributed by atoms with E-state index in [-0.39, 0.29) is 11.9 Å². The van der Waals surface area contributed by atoms with Crippen LogP contribution in [0.25, 0.3) is 0 Å². The Balaban J connectivity index is 3.39. The van der Waals surface area contributed by atoms with Crippen LogP contribution in [-0.4, -0.2) is 17.3 Å². The number of rotatable bonds is 13. The largest absolute Gasteiger partial charge is 0.352 e. The number of hydrogen-bond acceptors (Lipinski definition) is 1. The Morgan fingerprint density at radius 1 is 0.950 bits per heavy atom. The van der Waals surface area contributed by atoms with Crippen molar-refractivity contribution in [2.24, 2.45) is 5.92 Å². The highest BCUT2D eigenvalue weighted by Crippen LogP contribution is 2.11. The number of alkyl halides is 1. The van der Waals surface area contributed by atoms with Crippen LogP contribution in [0.3, 0.4) is 0 Å². The number of carbonyl (C=O) groups excluding carboxylic acids is 1. The first kappa shape index (κ1) is 19.9. The molecule has 1 amide bonds. The maximum absolute atomic E-state index is 11.8. The number of carbonyl (C=O) groups is 1. The van der Waals surface area contributed by atoms with E-state index in [1.54, 1.807) is 0 Å². The van der Waals surface area contributed by atoms with Crippen LogP contribution in [0, 0.1) is 5.92 Å². The van der Waals surface area contributed by atoms with Crippen LogP contribution in [0.1, 0.15) is 85.0 Å². The van der Waals surface area contributed by atoms with E-state index in [1.807, 2.05) is 0 Å². The van der Waals surface area contributed by atoms with E-state index in [0.29, 0.717) is 12.3 Å². The minimum Gasteiger partial charge on any atom is -0.352 e. The van der Waals surface area contributed by atoms with Crippen molar-refractivity contribution in [3.8, 4) is 0 Å². The quantitative estimate of drug-likeness (QED) is 0.348. The average molecular weight is 348 g/mol. The van der Waals surface area contributed by atoms with Crippen LogP contribution in [0.15, 0.2) is 0 Å².